The first-order valence-electron chi connectivity index (χ1n) is 7.44. The number of carboxylic acid groups (broad SMARTS) is 1. The second kappa shape index (κ2) is 7.60. The molecule has 0 aliphatic heterocycles. The molecule has 2 N–H and O–H groups in total. The van der Waals surface area contributed by atoms with Crippen LogP contribution >= 0.6 is 0 Å². The molecule has 0 radical (unpaired) electrons. The van der Waals surface area contributed by atoms with Crippen LogP contribution < -0.4 is 9.47 Å². The molecule has 0 aliphatic rings. The van der Waals surface area contributed by atoms with Crippen molar-refractivity contribution in [3.8, 4) is 22.8 Å². The second-order valence-corrected chi connectivity index (χ2v) is 5.19. The molecule has 1 heterocycles. The summed E-state index contributed by atoms with van der Waals surface area (Å²) in [5, 5.41) is 18.2. The van der Waals surface area contributed by atoms with Gasteiger partial charge in [-0.2, -0.15) is 8.78 Å². The summed E-state index contributed by atoms with van der Waals surface area (Å²) in [6.07, 6.45) is 0. The summed E-state index contributed by atoms with van der Waals surface area (Å²) in [4.78, 5) is 10.9. The van der Waals surface area contributed by atoms with E-state index in [2.05, 4.69) is 20.1 Å². The maximum atomic E-state index is 12.2. The average molecular weight is 361 g/mol. The van der Waals surface area contributed by atoms with Gasteiger partial charge in [0.1, 0.15) is 12.4 Å². The molecule has 7 nitrogen and oxygen atoms in total. The summed E-state index contributed by atoms with van der Waals surface area (Å²) in [5.74, 6) is -1.20. The topological polar surface area (TPSA) is 97.3 Å². The number of aromatic nitrogens is 3. The van der Waals surface area contributed by atoms with Crippen molar-refractivity contribution in [1.82, 2.24) is 15.4 Å². The van der Waals surface area contributed by atoms with Gasteiger partial charge in [-0.1, -0.05) is 46.7 Å². The van der Waals surface area contributed by atoms with Crippen molar-refractivity contribution >= 4 is 5.97 Å². The van der Waals surface area contributed by atoms with Gasteiger partial charge in [-0.05, 0) is 28.8 Å². The normalized spacial score (nSPS) is 10.7. The Morgan fingerprint density at radius 1 is 1.08 bits per heavy atom. The molecule has 1 aromatic heterocycles. The van der Waals surface area contributed by atoms with Crippen LogP contribution in [0.15, 0.2) is 48.5 Å². The highest BCUT2D eigenvalue weighted by atomic mass is 19.3. The van der Waals surface area contributed by atoms with Crippen molar-refractivity contribution in [3.05, 3.63) is 59.8 Å². The van der Waals surface area contributed by atoms with Crippen LogP contribution in [0.5, 0.6) is 11.6 Å². The Bertz CT molecular complexity index is 880. The van der Waals surface area contributed by atoms with E-state index in [9.17, 15) is 13.6 Å². The summed E-state index contributed by atoms with van der Waals surface area (Å²) >= 11 is 0. The number of alkyl halides is 2. The zero-order valence-electron chi connectivity index (χ0n) is 13.2. The van der Waals surface area contributed by atoms with Crippen LogP contribution in [0.4, 0.5) is 8.78 Å². The molecule has 26 heavy (non-hydrogen) atoms. The van der Waals surface area contributed by atoms with Gasteiger partial charge in [0.2, 0.25) is 5.69 Å². The van der Waals surface area contributed by atoms with Crippen LogP contribution in [0.1, 0.15) is 16.1 Å². The molecular weight excluding hydrogens is 348 g/mol. The van der Waals surface area contributed by atoms with Crippen molar-refractivity contribution in [2.24, 2.45) is 0 Å². The van der Waals surface area contributed by atoms with Crippen LogP contribution in [0, 0.1) is 0 Å². The molecule has 0 unspecified atom stereocenters. The number of carboxylic acids is 1. The molecule has 0 amide bonds. The number of nitrogens with one attached hydrogen (secondary N) is 1. The molecule has 0 atom stereocenters. The van der Waals surface area contributed by atoms with E-state index in [1.807, 2.05) is 12.1 Å². The lowest BCUT2D eigenvalue weighted by molar-refractivity contribution is -0.0498. The molecule has 0 saturated heterocycles. The summed E-state index contributed by atoms with van der Waals surface area (Å²) < 4.78 is 34.0. The summed E-state index contributed by atoms with van der Waals surface area (Å²) in [6.45, 7) is -2.74. The lowest BCUT2D eigenvalue weighted by Crippen LogP contribution is -2.03. The maximum absolute atomic E-state index is 12.2. The van der Waals surface area contributed by atoms with E-state index in [1.54, 1.807) is 24.3 Å². The molecule has 9 heteroatoms. The predicted octanol–water partition coefficient (Wildman–Crippen LogP) is 3.35. The quantitative estimate of drug-likeness (QED) is 0.670. The first kappa shape index (κ1) is 17.3. The van der Waals surface area contributed by atoms with Gasteiger partial charge in [-0.15, -0.1) is 0 Å². The summed E-state index contributed by atoms with van der Waals surface area (Å²) in [7, 11) is 0. The molecule has 0 bridgehead atoms. The molecule has 134 valence electrons. The van der Waals surface area contributed by atoms with Crippen molar-refractivity contribution in [2.45, 2.75) is 13.2 Å². The van der Waals surface area contributed by atoms with E-state index in [0.717, 1.165) is 16.7 Å². The number of aromatic carboxylic acids is 1. The molecule has 2 aromatic carbocycles. The number of hydrogen-bond acceptors (Lipinski definition) is 5. The van der Waals surface area contributed by atoms with Gasteiger partial charge in [0, 0.05) is 0 Å². The van der Waals surface area contributed by atoms with Crippen LogP contribution in [0.3, 0.4) is 0 Å². The molecule has 3 rings (SSSR count). The standard InChI is InChI=1S/C17H13F2N3O4/c18-17(19)26-13-7-5-12(6-8-13)11-3-1-10(2-4-11)9-25-15-14(16(23)24)20-22-21-15/h1-8,17H,9H2,(H,23,24)(H,20,21,22). The van der Waals surface area contributed by atoms with Gasteiger partial charge >= 0.3 is 12.6 Å². The first-order valence-corrected chi connectivity index (χ1v) is 7.44. The van der Waals surface area contributed by atoms with Crippen LogP contribution in [0.2, 0.25) is 0 Å². The van der Waals surface area contributed by atoms with E-state index in [1.165, 1.54) is 12.1 Å². The Kier molecular flexibility index (Phi) is 5.07. The fourth-order valence-corrected chi connectivity index (χ4v) is 2.23. The Labute approximate surface area is 146 Å². The van der Waals surface area contributed by atoms with Gasteiger partial charge in [-0.3, -0.25) is 0 Å². The summed E-state index contributed by atoms with van der Waals surface area (Å²) in [5.41, 5.74) is 2.30. The molecule has 3 aromatic rings. The predicted molar refractivity (Wildman–Crippen MR) is 86.2 cm³/mol. The molecule has 0 fully saturated rings. The van der Waals surface area contributed by atoms with E-state index in [0.29, 0.717) is 0 Å². The Balaban J connectivity index is 1.65. The van der Waals surface area contributed by atoms with E-state index in [-0.39, 0.29) is 23.9 Å². The highest BCUT2D eigenvalue weighted by molar-refractivity contribution is 5.87. The fraction of sp³-hybridized carbons (Fsp3) is 0.118. The van der Waals surface area contributed by atoms with E-state index >= 15 is 0 Å². The zero-order valence-corrected chi connectivity index (χ0v) is 13.2. The summed E-state index contributed by atoms with van der Waals surface area (Å²) in [6, 6.07) is 13.6. The number of carbonyl (C=O) groups is 1. The SMILES string of the molecule is O=C(O)c1[nH]nnc1OCc1ccc(-c2ccc(OC(F)F)cc2)cc1. The van der Waals surface area contributed by atoms with Gasteiger partial charge in [-0.25, -0.2) is 9.89 Å². The number of halogens is 2. The van der Waals surface area contributed by atoms with E-state index in [4.69, 9.17) is 9.84 Å². The molecular formula is C17H13F2N3O4. The maximum Gasteiger partial charge on any atom is 0.387 e. The van der Waals surface area contributed by atoms with Crippen molar-refractivity contribution in [3.63, 3.8) is 0 Å². The largest absolute Gasteiger partial charge is 0.476 e. The minimum atomic E-state index is -2.86. The minimum absolute atomic E-state index is 0.0869. The number of benzene rings is 2. The number of hydrogen-bond donors (Lipinski definition) is 2. The Hall–Kier alpha value is -3.49. The number of rotatable bonds is 7. The highest BCUT2D eigenvalue weighted by Crippen LogP contribution is 2.24. The van der Waals surface area contributed by atoms with Crippen molar-refractivity contribution in [1.29, 1.82) is 0 Å². The number of ether oxygens (including phenoxy) is 2. The number of aromatic amines is 1. The fourth-order valence-electron chi connectivity index (χ4n) is 2.23. The van der Waals surface area contributed by atoms with Gasteiger partial charge < -0.3 is 14.6 Å². The van der Waals surface area contributed by atoms with Crippen LogP contribution in [-0.2, 0) is 6.61 Å². The van der Waals surface area contributed by atoms with Gasteiger partial charge in [0.05, 0.1) is 0 Å². The second-order valence-electron chi connectivity index (χ2n) is 5.19. The molecule has 0 spiro atoms. The van der Waals surface area contributed by atoms with Crippen LogP contribution in [-0.4, -0.2) is 33.1 Å². The smallest absolute Gasteiger partial charge is 0.387 e. The highest BCUT2D eigenvalue weighted by Gasteiger charge is 2.15. The minimum Gasteiger partial charge on any atom is -0.476 e. The van der Waals surface area contributed by atoms with Crippen molar-refractivity contribution in [2.75, 3.05) is 0 Å². The Morgan fingerprint density at radius 2 is 1.69 bits per heavy atom. The number of H-pyrrole nitrogens is 1. The third kappa shape index (κ3) is 4.12. The van der Waals surface area contributed by atoms with Crippen LogP contribution in [0.25, 0.3) is 11.1 Å². The third-order valence-electron chi connectivity index (χ3n) is 3.47. The third-order valence-corrected chi connectivity index (χ3v) is 3.47. The first-order chi connectivity index (χ1) is 12.5. The monoisotopic (exact) mass is 361 g/mol. The Morgan fingerprint density at radius 3 is 2.27 bits per heavy atom. The van der Waals surface area contributed by atoms with Gasteiger partial charge in [0.15, 0.2) is 0 Å². The lowest BCUT2D eigenvalue weighted by Gasteiger charge is -2.07. The molecule has 0 saturated carbocycles. The number of nitrogens with zero attached hydrogens (tertiary/aromatic N) is 2. The van der Waals surface area contributed by atoms with Crippen molar-refractivity contribution < 1.29 is 28.2 Å². The average Bonchev–Trinajstić information content (AvgIpc) is 3.09. The molecule has 0 aliphatic carbocycles. The lowest BCUT2D eigenvalue weighted by atomic mass is 10.0. The zero-order chi connectivity index (χ0) is 18.5. The van der Waals surface area contributed by atoms with E-state index < -0.39 is 12.6 Å². The van der Waals surface area contributed by atoms with Gasteiger partial charge in [0.25, 0.3) is 5.88 Å².